The van der Waals surface area contributed by atoms with Crippen molar-refractivity contribution >= 4 is 5.69 Å². The lowest BCUT2D eigenvalue weighted by Crippen LogP contribution is -1.54. The molecule has 46 valence electrons. The van der Waals surface area contributed by atoms with Gasteiger partial charge in [-0.05, 0) is 0 Å². The van der Waals surface area contributed by atoms with Crippen molar-refractivity contribution in [3.63, 3.8) is 0 Å². The molecule has 0 aromatic heterocycles. The van der Waals surface area contributed by atoms with Crippen LogP contribution in [0.3, 0.4) is 0 Å². The molecule has 1 aromatic rings. The van der Waals surface area contributed by atoms with E-state index in [1.807, 2.05) is 18.2 Å². The molecule has 3 nitrogen and oxygen atoms in total. The summed E-state index contributed by atoms with van der Waals surface area (Å²) in [5.41, 5.74) is 0.590. The third kappa shape index (κ3) is 1.89. The average molecular weight is 122 g/mol. The summed E-state index contributed by atoms with van der Waals surface area (Å²) < 4.78 is 0. The summed E-state index contributed by atoms with van der Waals surface area (Å²) >= 11 is 0. The number of benzene rings is 1. The van der Waals surface area contributed by atoms with Crippen molar-refractivity contribution in [2.24, 2.45) is 0 Å². The van der Waals surface area contributed by atoms with Gasteiger partial charge in [0.1, 0.15) is 0 Å². The van der Waals surface area contributed by atoms with Gasteiger partial charge >= 0.3 is 5.69 Å². The number of diazo groups is 1. The molecule has 0 saturated heterocycles. The van der Waals surface area contributed by atoms with Crippen LogP contribution in [0, 0.1) is 5.39 Å². The molecule has 0 aliphatic carbocycles. The van der Waals surface area contributed by atoms with Crippen molar-refractivity contribution in [2.75, 3.05) is 0 Å². The second-order valence-corrected chi connectivity index (χ2v) is 1.44. The highest BCUT2D eigenvalue weighted by molar-refractivity contribution is 5.42. The molecule has 0 bridgehead atoms. The van der Waals surface area contributed by atoms with E-state index in [9.17, 15) is 0 Å². The Morgan fingerprint density at radius 3 is 2.00 bits per heavy atom. The molecule has 0 radical (unpaired) electrons. The van der Waals surface area contributed by atoms with Crippen molar-refractivity contribution in [1.82, 2.24) is 6.15 Å². The van der Waals surface area contributed by atoms with E-state index in [0.717, 1.165) is 0 Å². The van der Waals surface area contributed by atoms with Crippen LogP contribution in [0.5, 0.6) is 0 Å². The first kappa shape index (κ1) is 7.60. The molecule has 0 heterocycles. The minimum atomic E-state index is 0. The van der Waals surface area contributed by atoms with Gasteiger partial charge in [0, 0.05) is 12.1 Å². The number of nitrogens with zero attached hydrogens (tertiary/aromatic N) is 2. The van der Waals surface area contributed by atoms with Crippen LogP contribution in [-0.4, -0.2) is 0 Å². The average Bonchev–Trinajstić information content (AvgIpc) is 1.90. The minimum absolute atomic E-state index is 0. The smallest absolute Gasteiger partial charge is 0.344 e. The lowest BCUT2D eigenvalue weighted by molar-refractivity contribution is 1.46. The predicted molar refractivity (Wildman–Crippen MR) is 36.2 cm³/mol. The largest absolute Gasteiger partial charge is 0.385 e. The molecular weight excluding hydrogens is 114 g/mol. The van der Waals surface area contributed by atoms with Gasteiger partial charge in [0.15, 0.2) is 4.98 Å². The highest BCUT2D eigenvalue weighted by Crippen LogP contribution is 2.07. The topological polar surface area (TPSA) is 63.1 Å². The maximum Gasteiger partial charge on any atom is 0.385 e. The Morgan fingerprint density at radius 1 is 1.11 bits per heavy atom. The molecule has 0 aliphatic heterocycles. The van der Waals surface area contributed by atoms with Crippen molar-refractivity contribution in [3.8, 4) is 0 Å². The molecule has 0 atom stereocenters. The Labute approximate surface area is 53.5 Å². The van der Waals surface area contributed by atoms with Crippen LogP contribution < -0.4 is 6.15 Å². The second-order valence-electron chi connectivity index (χ2n) is 1.44. The van der Waals surface area contributed by atoms with E-state index in [-0.39, 0.29) is 6.15 Å². The fourth-order valence-electron chi connectivity index (χ4n) is 0.495. The first-order chi connectivity index (χ1) is 3.93. The van der Waals surface area contributed by atoms with E-state index < -0.39 is 0 Å². The van der Waals surface area contributed by atoms with Crippen molar-refractivity contribution in [2.45, 2.75) is 0 Å². The zero-order chi connectivity index (χ0) is 5.82. The van der Waals surface area contributed by atoms with Crippen LogP contribution in [-0.2, 0) is 0 Å². The van der Waals surface area contributed by atoms with Gasteiger partial charge < -0.3 is 6.15 Å². The summed E-state index contributed by atoms with van der Waals surface area (Å²) in [6.45, 7) is 0. The minimum Gasteiger partial charge on any atom is -0.344 e. The van der Waals surface area contributed by atoms with E-state index in [4.69, 9.17) is 5.39 Å². The van der Waals surface area contributed by atoms with Gasteiger partial charge in [-0.15, -0.1) is 0 Å². The monoisotopic (exact) mass is 122 g/mol. The highest BCUT2D eigenvalue weighted by Gasteiger charge is 1.95. The predicted octanol–water partition coefficient (Wildman–Crippen LogP) is 2.33. The van der Waals surface area contributed by atoms with Crippen LogP contribution in [0.2, 0.25) is 0 Å². The van der Waals surface area contributed by atoms with Crippen LogP contribution in [0.1, 0.15) is 0 Å². The van der Waals surface area contributed by atoms with E-state index in [1.165, 1.54) is 0 Å². The van der Waals surface area contributed by atoms with Gasteiger partial charge in [0.25, 0.3) is 0 Å². The quantitative estimate of drug-likeness (QED) is 0.536. The van der Waals surface area contributed by atoms with Crippen LogP contribution >= 0.6 is 0 Å². The molecular formula is C6H8N3+. The molecule has 1 aromatic carbocycles. The van der Waals surface area contributed by atoms with Crippen molar-refractivity contribution in [1.29, 1.82) is 5.39 Å². The third-order valence-electron chi connectivity index (χ3n) is 0.872. The molecule has 0 saturated carbocycles. The molecule has 1 rings (SSSR count). The van der Waals surface area contributed by atoms with Gasteiger partial charge in [-0.3, -0.25) is 0 Å². The Balaban J connectivity index is 0.000000640. The lowest BCUT2D eigenvalue weighted by atomic mass is 10.3. The van der Waals surface area contributed by atoms with Gasteiger partial charge in [-0.1, -0.05) is 18.2 Å². The third-order valence-corrected chi connectivity index (χ3v) is 0.872. The summed E-state index contributed by atoms with van der Waals surface area (Å²) in [5.74, 6) is 0. The molecule has 3 heteroatoms. The summed E-state index contributed by atoms with van der Waals surface area (Å²) in [6.07, 6.45) is 0. The molecule has 0 spiro atoms. The second kappa shape index (κ2) is 3.58. The van der Waals surface area contributed by atoms with Gasteiger partial charge in [-0.2, -0.15) is 0 Å². The fourth-order valence-corrected chi connectivity index (χ4v) is 0.495. The highest BCUT2D eigenvalue weighted by atomic mass is 14.8. The lowest BCUT2D eigenvalue weighted by Gasteiger charge is -1.69. The van der Waals surface area contributed by atoms with E-state index in [0.29, 0.717) is 5.69 Å². The summed E-state index contributed by atoms with van der Waals surface area (Å²) in [6, 6.07) is 8.94. The van der Waals surface area contributed by atoms with Crippen LogP contribution in [0.25, 0.3) is 4.98 Å². The standard InChI is InChI=1S/C6H5N2.H3N/c7-8-6-4-2-1-3-5-6;/h1-5H;1H3/q+1;. The summed E-state index contributed by atoms with van der Waals surface area (Å²) in [4.78, 5) is 2.97. The van der Waals surface area contributed by atoms with Crippen molar-refractivity contribution < 1.29 is 0 Å². The van der Waals surface area contributed by atoms with E-state index in [2.05, 4.69) is 4.98 Å². The zero-order valence-electron chi connectivity index (χ0n) is 4.99. The molecule has 0 aliphatic rings. The first-order valence-electron chi connectivity index (χ1n) is 2.33. The molecule has 3 N–H and O–H groups in total. The summed E-state index contributed by atoms with van der Waals surface area (Å²) in [5, 5.41) is 8.16. The fraction of sp³-hybridized carbons (Fsp3) is 0. The van der Waals surface area contributed by atoms with Crippen LogP contribution in [0.4, 0.5) is 5.69 Å². The zero-order valence-corrected chi connectivity index (χ0v) is 4.99. The number of hydrogen-bond acceptors (Lipinski definition) is 2. The van der Waals surface area contributed by atoms with E-state index in [1.54, 1.807) is 12.1 Å². The maximum absolute atomic E-state index is 8.16. The Kier molecular flexibility index (Phi) is 3.03. The molecule has 0 unspecified atom stereocenters. The Hall–Kier alpha value is -1.40. The van der Waals surface area contributed by atoms with Gasteiger partial charge in [0.2, 0.25) is 5.39 Å². The normalized spacial score (nSPS) is 7.00. The van der Waals surface area contributed by atoms with Gasteiger partial charge in [-0.25, -0.2) is 0 Å². The number of rotatable bonds is 0. The van der Waals surface area contributed by atoms with Gasteiger partial charge in [0.05, 0.1) is 0 Å². The van der Waals surface area contributed by atoms with E-state index >= 15 is 0 Å². The molecule has 0 amide bonds. The molecule has 0 fully saturated rings. The Morgan fingerprint density at radius 2 is 1.67 bits per heavy atom. The molecule has 9 heavy (non-hydrogen) atoms. The first-order valence-corrected chi connectivity index (χ1v) is 2.33. The van der Waals surface area contributed by atoms with Crippen LogP contribution in [0.15, 0.2) is 30.3 Å². The summed E-state index contributed by atoms with van der Waals surface area (Å²) in [7, 11) is 0. The Bertz CT molecular complexity index is 199. The van der Waals surface area contributed by atoms with Crippen molar-refractivity contribution in [3.05, 3.63) is 35.3 Å². The number of hydrogen-bond donors (Lipinski definition) is 1. The maximum atomic E-state index is 8.16. The SMILES string of the molecule is N.N#[N+]c1ccccc1.